The second-order valence-electron chi connectivity index (χ2n) is 4.68. The molecule has 0 aliphatic carbocycles. The molecule has 0 spiro atoms. The van der Waals surface area contributed by atoms with Gasteiger partial charge in [0.2, 0.25) is 0 Å². The van der Waals surface area contributed by atoms with E-state index in [1.165, 1.54) is 41.5 Å². The highest BCUT2D eigenvalue weighted by molar-refractivity contribution is 5.65. The summed E-state index contributed by atoms with van der Waals surface area (Å²) < 4.78 is 0. The van der Waals surface area contributed by atoms with Crippen molar-refractivity contribution in [1.82, 2.24) is 0 Å². The fourth-order valence-corrected chi connectivity index (χ4v) is 2.18. The van der Waals surface area contributed by atoms with Crippen LogP contribution in [0.1, 0.15) is 30.9 Å². The standard InChI is InChI=1S/C17H20/c1-3-4-8-15-11-14(2)12-17(13-15)16-9-6-5-7-10-16/h5-7,9-13H,3-4,8H2,1-2H3. The first-order chi connectivity index (χ1) is 8.29. The van der Waals surface area contributed by atoms with Crippen LogP contribution in [0.4, 0.5) is 0 Å². The lowest BCUT2D eigenvalue weighted by Gasteiger charge is -2.07. The molecule has 0 nitrogen and oxygen atoms in total. The quantitative estimate of drug-likeness (QED) is 0.685. The fraction of sp³-hybridized carbons (Fsp3) is 0.294. The van der Waals surface area contributed by atoms with Crippen molar-refractivity contribution >= 4 is 0 Å². The highest BCUT2D eigenvalue weighted by Crippen LogP contribution is 2.22. The average molecular weight is 224 g/mol. The van der Waals surface area contributed by atoms with Gasteiger partial charge in [-0.3, -0.25) is 0 Å². The van der Waals surface area contributed by atoms with E-state index in [1.54, 1.807) is 0 Å². The van der Waals surface area contributed by atoms with E-state index in [2.05, 4.69) is 62.4 Å². The van der Waals surface area contributed by atoms with Gasteiger partial charge in [0, 0.05) is 0 Å². The second-order valence-corrected chi connectivity index (χ2v) is 4.68. The zero-order valence-electron chi connectivity index (χ0n) is 10.7. The summed E-state index contributed by atoms with van der Waals surface area (Å²) in [5.41, 5.74) is 5.48. The van der Waals surface area contributed by atoms with Crippen LogP contribution >= 0.6 is 0 Å². The molecular formula is C17H20. The fourth-order valence-electron chi connectivity index (χ4n) is 2.18. The van der Waals surface area contributed by atoms with Gasteiger partial charge in [-0.15, -0.1) is 0 Å². The lowest BCUT2D eigenvalue weighted by atomic mass is 9.98. The Morgan fingerprint density at radius 2 is 1.65 bits per heavy atom. The molecule has 0 N–H and O–H groups in total. The number of hydrogen-bond donors (Lipinski definition) is 0. The summed E-state index contributed by atoms with van der Waals surface area (Å²) in [5, 5.41) is 0. The summed E-state index contributed by atoms with van der Waals surface area (Å²) in [4.78, 5) is 0. The highest BCUT2D eigenvalue weighted by Gasteiger charge is 2.00. The Morgan fingerprint density at radius 3 is 2.35 bits per heavy atom. The first kappa shape index (κ1) is 11.9. The van der Waals surface area contributed by atoms with Crippen LogP contribution in [0.25, 0.3) is 11.1 Å². The predicted octanol–water partition coefficient (Wildman–Crippen LogP) is 5.00. The van der Waals surface area contributed by atoms with Crippen LogP contribution in [0, 0.1) is 6.92 Å². The van der Waals surface area contributed by atoms with Gasteiger partial charge in [-0.1, -0.05) is 67.4 Å². The molecule has 0 heteroatoms. The minimum Gasteiger partial charge on any atom is -0.0654 e. The number of benzene rings is 2. The first-order valence-electron chi connectivity index (χ1n) is 6.45. The van der Waals surface area contributed by atoms with Crippen LogP contribution in [0.5, 0.6) is 0 Å². The maximum Gasteiger partial charge on any atom is -0.0179 e. The summed E-state index contributed by atoms with van der Waals surface area (Å²) in [6, 6.07) is 17.5. The Bertz CT molecular complexity index is 469. The van der Waals surface area contributed by atoms with E-state index < -0.39 is 0 Å². The molecule has 88 valence electrons. The van der Waals surface area contributed by atoms with Crippen molar-refractivity contribution in [1.29, 1.82) is 0 Å². The van der Waals surface area contributed by atoms with E-state index in [4.69, 9.17) is 0 Å². The zero-order chi connectivity index (χ0) is 12.1. The van der Waals surface area contributed by atoms with Gasteiger partial charge in [-0.05, 0) is 36.5 Å². The Hall–Kier alpha value is -1.56. The molecule has 2 rings (SSSR count). The Kier molecular flexibility index (Phi) is 3.98. The molecule has 0 aliphatic heterocycles. The second kappa shape index (κ2) is 5.67. The zero-order valence-corrected chi connectivity index (χ0v) is 10.7. The largest absolute Gasteiger partial charge is 0.0654 e. The molecule has 0 heterocycles. The molecule has 0 bridgehead atoms. The van der Waals surface area contributed by atoms with Gasteiger partial charge < -0.3 is 0 Å². The Balaban J connectivity index is 2.32. The highest BCUT2D eigenvalue weighted by atomic mass is 14.1. The summed E-state index contributed by atoms with van der Waals surface area (Å²) in [6.45, 7) is 4.43. The van der Waals surface area contributed by atoms with E-state index in [0.29, 0.717) is 0 Å². The minimum atomic E-state index is 1.19. The Labute approximate surface area is 104 Å². The summed E-state index contributed by atoms with van der Waals surface area (Å²) in [5.74, 6) is 0. The monoisotopic (exact) mass is 224 g/mol. The topological polar surface area (TPSA) is 0 Å². The maximum absolute atomic E-state index is 2.33. The first-order valence-corrected chi connectivity index (χ1v) is 6.45. The van der Waals surface area contributed by atoms with Crippen LogP contribution < -0.4 is 0 Å². The number of hydrogen-bond acceptors (Lipinski definition) is 0. The summed E-state index contributed by atoms with van der Waals surface area (Å²) in [7, 11) is 0. The normalized spacial score (nSPS) is 10.5. The van der Waals surface area contributed by atoms with Crippen LogP contribution in [0.3, 0.4) is 0 Å². The molecule has 0 fully saturated rings. The molecule has 0 aliphatic rings. The molecule has 0 atom stereocenters. The molecular weight excluding hydrogens is 204 g/mol. The van der Waals surface area contributed by atoms with Crippen molar-refractivity contribution in [3.63, 3.8) is 0 Å². The maximum atomic E-state index is 2.33. The predicted molar refractivity (Wildman–Crippen MR) is 75.2 cm³/mol. The average Bonchev–Trinajstić information content (AvgIpc) is 2.37. The van der Waals surface area contributed by atoms with Gasteiger partial charge in [-0.2, -0.15) is 0 Å². The molecule has 2 aromatic carbocycles. The van der Waals surface area contributed by atoms with Crippen LogP contribution in [0.15, 0.2) is 48.5 Å². The van der Waals surface area contributed by atoms with Gasteiger partial charge in [-0.25, -0.2) is 0 Å². The van der Waals surface area contributed by atoms with Crippen molar-refractivity contribution in [2.45, 2.75) is 33.1 Å². The lowest BCUT2D eigenvalue weighted by Crippen LogP contribution is -1.88. The van der Waals surface area contributed by atoms with Crippen LogP contribution in [-0.4, -0.2) is 0 Å². The summed E-state index contributed by atoms with van der Waals surface area (Å²) in [6.07, 6.45) is 3.73. The van der Waals surface area contributed by atoms with Crippen molar-refractivity contribution in [2.24, 2.45) is 0 Å². The van der Waals surface area contributed by atoms with Crippen LogP contribution in [0.2, 0.25) is 0 Å². The van der Waals surface area contributed by atoms with Gasteiger partial charge in [0.25, 0.3) is 0 Å². The van der Waals surface area contributed by atoms with Gasteiger partial charge in [0.1, 0.15) is 0 Å². The van der Waals surface area contributed by atoms with Crippen molar-refractivity contribution in [3.05, 3.63) is 59.7 Å². The van der Waals surface area contributed by atoms with Crippen molar-refractivity contribution < 1.29 is 0 Å². The third-order valence-electron chi connectivity index (χ3n) is 3.06. The number of aryl methyl sites for hydroxylation is 2. The van der Waals surface area contributed by atoms with E-state index in [9.17, 15) is 0 Å². The molecule has 17 heavy (non-hydrogen) atoms. The molecule has 0 unspecified atom stereocenters. The van der Waals surface area contributed by atoms with E-state index in [1.807, 2.05) is 0 Å². The third-order valence-corrected chi connectivity index (χ3v) is 3.06. The van der Waals surface area contributed by atoms with Gasteiger partial charge in [0.05, 0.1) is 0 Å². The Morgan fingerprint density at radius 1 is 0.882 bits per heavy atom. The number of unbranched alkanes of at least 4 members (excludes halogenated alkanes) is 1. The van der Waals surface area contributed by atoms with E-state index in [-0.39, 0.29) is 0 Å². The van der Waals surface area contributed by atoms with Gasteiger partial charge in [0.15, 0.2) is 0 Å². The van der Waals surface area contributed by atoms with E-state index in [0.717, 1.165) is 0 Å². The lowest BCUT2D eigenvalue weighted by molar-refractivity contribution is 0.795. The SMILES string of the molecule is CCCCc1cc(C)cc(-c2ccccc2)c1. The van der Waals surface area contributed by atoms with Gasteiger partial charge >= 0.3 is 0 Å². The molecule has 0 radical (unpaired) electrons. The number of rotatable bonds is 4. The third kappa shape index (κ3) is 3.20. The van der Waals surface area contributed by atoms with E-state index >= 15 is 0 Å². The molecule has 2 aromatic rings. The van der Waals surface area contributed by atoms with Crippen molar-refractivity contribution in [2.75, 3.05) is 0 Å². The summed E-state index contributed by atoms with van der Waals surface area (Å²) >= 11 is 0. The smallest absolute Gasteiger partial charge is 0.0179 e. The van der Waals surface area contributed by atoms with Crippen LogP contribution in [-0.2, 0) is 6.42 Å². The molecule has 0 saturated heterocycles. The minimum absolute atomic E-state index is 1.19. The molecule has 0 aromatic heterocycles. The molecule has 0 saturated carbocycles. The molecule has 0 amide bonds. The van der Waals surface area contributed by atoms with Crippen molar-refractivity contribution in [3.8, 4) is 11.1 Å².